The van der Waals surface area contributed by atoms with E-state index >= 15 is 0 Å². The molecule has 0 bridgehead atoms. The van der Waals surface area contributed by atoms with E-state index in [-0.39, 0.29) is 5.69 Å². The van der Waals surface area contributed by atoms with E-state index in [0.717, 1.165) is 59.3 Å². The van der Waals surface area contributed by atoms with Crippen LogP contribution in [0.3, 0.4) is 0 Å². The van der Waals surface area contributed by atoms with Crippen LogP contribution in [0.25, 0.3) is 22.5 Å². The molecule has 9 nitrogen and oxygen atoms in total. The smallest absolute Gasteiger partial charge is 0.329 e. The van der Waals surface area contributed by atoms with Crippen molar-refractivity contribution in [2.45, 2.75) is 58.9 Å². The molecule has 2 heterocycles. The number of benzene rings is 2. The van der Waals surface area contributed by atoms with Gasteiger partial charge in [0.05, 0.1) is 12.2 Å². The van der Waals surface area contributed by atoms with E-state index in [9.17, 15) is 4.79 Å². The highest BCUT2D eigenvalue weighted by molar-refractivity contribution is 5.80. The molecular formula is C27H34N6O3. The van der Waals surface area contributed by atoms with Crippen molar-refractivity contribution in [2.24, 2.45) is 0 Å². The summed E-state index contributed by atoms with van der Waals surface area (Å²) in [6.45, 7) is 5.36. The quantitative estimate of drug-likeness (QED) is 0.292. The van der Waals surface area contributed by atoms with Gasteiger partial charge < -0.3 is 9.47 Å². The topological polar surface area (TPSA) is 99.8 Å². The fourth-order valence-corrected chi connectivity index (χ4v) is 4.61. The van der Waals surface area contributed by atoms with E-state index in [4.69, 9.17) is 9.47 Å². The van der Waals surface area contributed by atoms with E-state index in [1.165, 1.54) is 0 Å². The van der Waals surface area contributed by atoms with Gasteiger partial charge in [0.15, 0.2) is 6.29 Å². The van der Waals surface area contributed by atoms with Gasteiger partial charge in [-0.2, -0.15) is 5.21 Å². The third kappa shape index (κ3) is 5.17. The van der Waals surface area contributed by atoms with Crippen LogP contribution in [0, 0.1) is 0 Å². The molecule has 0 aliphatic rings. The molecule has 0 atom stereocenters. The van der Waals surface area contributed by atoms with Gasteiger partial charge in [-0.15, -0.1) is 10.2 Å². The number of H-pyrrole nitrogens is 1. The summed E-state index contributed by atoms with van der Waals surface area (Å²) in [5, 5.41) is 14.5. The second kappa shape index (κ2) is 11.9. The molecule has 0 amide bonds. The SMILES string of the molecule is CCCCn1c(C(OC)OC)c(CCC)n(Cc2ccc(-c3ccccc3-c3nn[nH]n3)cc2)c1=O. The largest absolute Gasteiger partial charge is 0.350 e. The number of unbranched alkanes of at least 4 members (excludes halogenated alkanes) is 1. The van der Waals surface area contributed by atoms with Gasteiger partial charge in [0, 0.05) is 32.0 Å². The number of hydrogen-bond donors (Lipinski definition) is 1. The molecule has 2 aromatic heterocycles. The van der Waals surface area contributed by atoms with Gasteiger partial charge >= 0.3 is 5.69 Å². The lowest BCUT2D eigenvalue weighted by Crippen LogP contribution is -2.26. The van der Waals surface area contributed by atoms with Crippen molar-refractivity contribution in [3.63, 3.8) is 0 Å². The number of aromatic nitrogens is 6. The molecule has 0 unspecified atom stereocenters. The van der Waals surface area contributed by atoms with Crippen molar-refractivity contribution < 1.29 is 9.47 Å². The first-order valence-electron chi connectivity index (χ1n) is 12.4. The monoisotopic (exact) mass is 490 g/mol. The summed E-state index contributed by atoms with van der Waals surface area (Å²) in [7, 11) is 3.22. The maximum Gasteiger partial charge on any atom is 0.329 e. The average molecular weight is 491 g/mol. The van der Waals surface area contributed by atoms with E-state index < -0.39 is 6.29 Å². The molecule has 0 spiro atoms. The number of nitrogens with zero attached hydrogens (tertiary/aromatic N) is 5. The molecule has 0 aliphatic heterocycles. The molecule has 0 radical (unpaired) electrons. The van der Waals surface area contributed by atoms with Crippen molar-refractivity contribution in [1.82, 2.24) is 29.8 Å². The Hall–Kier alpha value is -3.56. The van der Waals surface area contributed by atoms with Crippen LogP contribution in [0.2, 0.25) is 0 Å². The molecule has 0 saturated heterocycles. The van der Waals surface area contributed by atoms with Gasteiger partial charge in [-0.05, 0) is 34.7 Å². The Kier molecular flexibility index (Phi) is 8.45. The molecule has 0 aliphatic carbocycles. The zero-order valence-electron chi connectivity index (χ0n) is 21.4. The normalized spacial score (nSPS) is 11.5. The lowest BCUT2D eigenvalue weighted by molar-refractivity contribution is -0.111. The van der Waals surface area contributed by atoms with Crippen LogP contribution >= 0.6 is 0 Å². The first-order chi connectivity index (χ1) is 17.6. The van der Waals surface area contributed by atoms with Gasteiger partial charge in [-0.3, -0.25) is 9.13 Å². The lowest BCUT2D eigenvalue weighted by Gasteiger charge is -2.18. The summed E-state index contributed by atoms with van der Waals surface area (Å²) < 4.78 is 14.9. The van der Waals surface area contributed by atoms with Crippen LogP contribution in [0.4, 0.5) is 0 Å². The number of tetrazole rings is 1. The molecule has 0 saturated carbocycles. The van der Waals surface area contributed by atoms with Gasteiger partial charge in [0.2, 0.25) is 5.82 Å². The average Bonchev–Trinajstić information content (AvgIpc) is 3.53. The molecule has 2 aromatic carbocycles. The molecule has 190 valence electrons. The second-order valence-corrected chi connectivity index (χ2v) is 8.74. The van der Waals surface area contributed by atoms with E-state index in [1.807, 2.05) is 33.4 Å². The summed E-state index contributed by atoms with van der Waals surface area (Å²) in [5.74, 6) is 0.553. The van der Waals surface area contributed by atoms with Gasteiger partial charge in [-0.25, -0.2) is 4.79 Å². The first kappa shape index (κ1) is 25.5. The third-order valence-electron chi connectivity index (χ3n) is 6.37. The summed E-state index contributed by atoms with van der Waals surface area (Å²) in [6.07, 6.45) is 3.01. The van der Waals surface area contributed by atoms with Crippen LogP contribution < -0.4 is 5.69 Å². The van der Waals surface area contributed by atoms with Gasteiger partial charge in [-0.1, -0.05) is 75.2 Å². The molecule has 4 rings (SSSR count). The second-order valence-electron chi connectivity index (χ2n) is 8.74. The molecular weight excluding hydrogens is 456 g/mol. The van der Waals surface area contributed by atoms with Crippen LogP contribution in [-0.4, -0.2) is 44.0 Å². The number of methoxy groups -OCH3 is 2. The lowest BCUT2D eigenvalue weighted by atomic mass is 9.98. The fraction of sp³-hybridized carbons (Fsp3) is 0.407. The molecule has 36 heavy (non-hydrogen) atoms. The Morgan fingerprint density at radius 2 is 1.67 bits per heavy atom. The van der Waals surface area contributed by atoms with Crippen molar-refractivity contribution in [2.75, 3.05) is 14.2 Å². The number of ether oxygens (including phenoxy) is 2. The van der Waals surface area contributed by atoms with Gasteiger partial charge in [0.25, 0.3) is 0 Å². The zero-order chi connectivity index (χ0) is 25.5. The predicted molar refractivity (Wildman–Crippen MR) is 139 cm³/mol. The van der Waals surface area contributed by atoms with E-state index in [2.05, 4.69) is 58.7 Å². The highest BCUT2D eigenvalue weighted by Crippen LogP contribution is 2.30. The number of hydrogen-bond acceptors (Lipinski definition) is 6. The predicted octanol–water partition coefficient (Wildman–Crippen LogP) is 4.59. The zero-order valence-corrected chi connectivity index (χ0v) is 21.4. The Bertz CT molecular complexity index is 1300. The summed E-state index contributed by atoms with van der Waals surface area (Å²) in [6, 6.07) is 16.2. The van der Waals surface area contributed by atoms with Crippen molar-refractivity contribution >= 4 is 0 Å². The Labute approximate surface area is 211 Å². The van der Waals surface area contributed by atoms with Crippen molar-refractivity contribution in [3.05, 3.63) is 76.0 Å². The van der Waals surface area contributed by atoms with E-state index in [1.54, 1.807) is 14.2 Å². The summed E-state index contributed by atoms with van der Waals surface area (Å²) >= 11 is 0. The highest BCUT2D eigenvalue weighted by atomic mass is 16.7. The molecule has 9 heteroatoms. The summed E-state index contributed by atoms with van der Waals surface area (Å²) in [4.78, 5) is 13.6. The molecule has 0 fully saturated rings. The minimum atomic E-state index is -0.582. The maximum atomic E-state index is 13.6. The Balaban J connectivity index is 1.70. The van der Waals surface area contributed by atoms with Crippen LogP contribution in [0.5, 0.6) is 0 Å². The van der Waals surface area contributed by atoms with Crippen LogP contribution in [-0.2, 0) is 29.0 Å². The summed E-state index contributed by atoms with van der Waals surface area (Å²) in [5.41, 5.74) is 5.78. The minimum absolute atomic E-state index is 0.0208. The van der Waals surface area contributed by atoms with Crippen molar-refractivity contribution in [3.8, 4) is 22.5 Å². The number of aromatic amines is 1. The maximum absolute atomic E-state index is 13.6. The highest BCUT2D eigenvalue weighted by Gasteiger charge is 2.26. The third-order valence-corrected chi connectivity index (χ3v) is 6.37. The van der Waals surface area contributed by atoms with Crippen molar-refractivity contribution in [1.29, 1.82) is 0 Å². The number of rotatable bonds is 12. The standard InChI is InChI=1S/C27H34N6O3/c1-5-7-17-32-24(26(35-3)36-4)23(10-6-2)33(27(32)34)18-19-13-15-20(16-14-19)21-11-8-9-12-22(21)25-28-30-31-29-25/h8-9,11-16,26H,5-7,10,17-18H2,1-4H3,(H,28,29,30,31). The number of nitrogens with one attached hydrogen (secondary N) is 1. The fourth-order valence-electron chi connectivity index (χ4n) is 4.61. The first-order valence-corrected chi connectivity index (χ1v) is 12.4. The molecule has 4 aromatic rings. The minimum Gasteiger partial charge on any atom is -0.350 e. The Morgan fingerprint density at radius 3 is 2.28 bits per heavy atom. The van der Waals surface area contributed by atoms with E-state index in [0.29, 0.717) is 18.9 Å². The number of imidazole rings is 1. The Morgan fingerprint density at radius 1 is 0.944 bits per heavy atom. The molecule has 1 N–H and O–H groups in total. The van der Waals surface area contributed by atoms with Crippen LogP contribution in [0.1, 0.15) is 56.4 Å². The van der Waals surface area contributed by atoms with Gasteiger partial charge in [0.1, 0.15) is 0 Å². The van der Waals surface area contributed by atoms with Crippen LogP contribution in [0.15, 0.2) is 53.3 Å².